The maximum atomic E-state index is 13.0. The number of nitrogens with zero attached hydrogens (tertiary/aromatic N) is 2. The van der Waals surface area contributed by atoms with Gasteiger partial charge in [-0.3, -0.25) is 14.4 Å². The van der Waals surface area contributed by atoms with Crippen molar-refractivity contribution in [3.63, 3.8) is 0 Å². The highest BCUT2D eigenvalue weighted by molar-refractivity contribution is 6.34. The van der Waals surface area contributed by atoms with E-state index in [0.29, 0.717) is 11.8 Å². The van der Waals surface area contributed by atoms with Gasteiger partial charge in [-0.15, -0.1) is 0 Å². The van der Waals surface area contributed by atoms with Gasteiger partial charge in [-0.1, -0.05) is 41.9 Å². The van der Waals surface area contributed by atoms with Crippen LogP contribution in [0.3, 0.4) is 0 Å². The molecule has 0 bridgehead atoms. The molecule has 3 amide bonds. The summed E-state index contributed by atoms with van der Waals surface area (Å²) in [6.07, 6.45) is 1.23. The summed E-state index contributed by atoms with van der Waals surface area (Å²) in [6.45, 7) is 5.55. The molecule has 2 heterocycles. The van der Waals surface area contributed by atoms with Crippen LogP contribution >= 0.6 is 11.6 Å². The maximum Gasteiger partial charge on any atom is 0.408 e. The number of halogens is 1. The largest absolute Gasteiger partial charge is 0.467 e. The first kappa shape index (κ1) is 31.0. The van der Waals surface area contributed by atoms with Gasteiger partial charge in [0, 0.05) is 23.7 Å². The van der Waals surface area contributed by atoms with E-state index in [1.54, 1.807) is 20.8 Å². The van der Waals surface area contributed by atoms with E-state index in [0.717, 1.165) is 5.56 Å². The standard InChI is InChI=1S/C30H31ClN6O6/c1-30(2,3)43-29(41)35-22(17-8-6-5-7-9-17)12-13-32-25(38)18-10-11-21(31)23(15-18)34-26(39)20-14-19-16-33-28(42-4)37-24(19)36-27(20)40/h5-11,14-16,22H,12-13H2,1-4H3,(H,32,38)(H,34,39)(H,35,41)(H,33,36,37,40)/t22-/m1/s1. The number of pyridine rings is 1. The molecule has 0 aliphatic carbocycles. The Morgan fingerprint density at radius 3 is 2.49 bits per heavy atom. The fraction of sp³-hybridized carbons (Fsp3) is 0.267. The first-order valence-electron chi connectivity index (χ1n) is 13.3. The topological polar surface area (TPSA) is 164 Å². The van der Waals surface area contributed by atoms with E-state index < -0.39 is 35.1 Å². The summed E-state index contributed by atoms with van der Waals surface area (Å²) < 4.78 is 10.4. The van der Waals surface area contributed by atoms with Crippen molar-refractivity contribution in [1.29, 1.82) is 0 Å². The zero-order valence-corrected chi connectivity index (χ0v) is 24.7. The highest BCUT2D eigenvalue weighted by Gasteiger charge is 2.21. The van der Waals surface area contributed by atoms with Crippen molar-refractivity contribution in [2.75, 3.05) is 19.0 Å². The first-order chi connectivity index (χ1) is 20.4. The number of hydrogen-bond acceptors (Lipinski definition) is 8. The van der Waals surface area contributed by atoms with Crippen LogP contribution in [0.5, 0.6) is 6.01 Å². The number of aromatic amines is 1. The summed E-state index contributed by atoms with van der Waals surface area (Å²) >= 11 is 6.29. The predicted octanol–water partition coefficient (Wildman–Crippen LogP) is 4.62. The Bertz CT molecular complexity index is 1700. The van der Waals surface area contributed by atoms with Gasteiger partial charge >= 0.3 is 12.1 Å². The lowest BCUT2D eigenvalue weighted by Gasteiger charge is -2.24. The summed E-state index contributed by atoms with van der Waals surface area (Å²) in [4.78, 5) is 61.6. The highest BCUT2D eigenvalue weighted by Crippen LogP contribution is 2.24. The van der Waals surface area contributed by atoms with Crippen LogP contribution in [0.1, 0.15) is 59.5 Å². The number of ether oxygens (including phenoxy) is 2. The molecule has 224 valence electrons. The zero-order chi connectivity index (χ0) is 31.1. The van der Waals surface area contributed by atoms with Gasteiger partial charge in [0.25, 0.3) is 17.4 Å². The second-order valence-corrected chi connectivity index (χ2v) is 10.9. The summed E-state index contributed by atoms with van der Waals surface area (Å²) in [5, 5.41) is 8.86. The smallest absolute Gasteiger partial charge is 0.408 e. The second-order valence-electron chi connectivity index (χ2n) is 10.5. The molecule has 0 aliphatic heterocycles. The minimum absolute atomic E-state index is 0.0668. The first-order valence-corrected chi connectivity index (χ1v) is 13.7. The molecule has 4 aromatic rings. The Labute approximate surface area is 252 Å². The molecule has 2 aromatic heterocycles. The van der Waals surface area contributed by atoms with Gasteiger partial charge in [0.1, 0.15) is 16.8 Å². The zero-order valence-electron chi connectivity index (χ0n) is 24.0. The van der Waals surface area contributed by atoms with E-state index in [4.69, 9.17) is 21.1 Å². The minimum atomic E-state index is -0.739. The molecule has 0 spiro atoms. The number of hydrogen-bond donors (Lipinski definition) is 4. The minimum Gasteiger partial charge on any atom is -0.467 e. The van der Waals surface area contributed by atoms with E-state index in [1.165, 1.54) is 37.6 Å². The van der Waals surface area contributed by atoms with E-state index in [9.17, 15) is 19.2 Å². The van der Waals surface area contributed by atoms with Crippen LogP contribution in [0.15, 0.2) is 65.6 Å². The molecule has 0 unspecified atom stereocenters. The lowest BCUT2D eigenvalue weighted by atomic mass is 10.0. The number of carbonyl (C=O) groups is 3. The van der Waals surface area contributed by atoms with Crippen LogP contribution in [0.2, 0.25) is 5.02 Å². The molecular weight excluding hydrogens is 576 g/mol. The molecule has 12 nitrogen and oxygen atoms in total. The Kier molecular flexibility index (Phi) is 9.61. The van der Waals surface area contributed by atoms with Crippen LogP contribution in [0.4, 0.5) is 10.5 Å². The fourth-order valence-corrected chi connectivity index (χ4v) is 4.25. The molecule has 4 N–H and O–H groups in total. The Balaban J connectivity index is 1.43. The highest BCUT2D eigenvalue weighted by atomic mass is 35.5. The van der Waals surface area contributed by atoms with E-state index in [2.05, 4.69) is 30.9 Å². The summed E-state index contributed by atoms with van der Waals surface area (Å²) in [6, 6.07) is 14.7. The van der Waals surface area contributed by atoms with Gasteiger partial charge in [-0.25, -0.2) is 9.78 Å². The van der Waals surface area contributed by atoms with Gasteiger partial charge in [-0.2, -0.15) is 4.98 Å². The molecule has 0 aliphatic rings. The molecule has 0 saturated carbocycles. The van der Waals surface area contributed by atoms with Crippen LogP contribution in [-0.4, -0.2) is 52.1 Å². The second kappa shape index (κ2) is 13.3. The van der Waals surface area contributed by atoms with Gasteiger partial charge in [0.2, 0.25) is 0 Å². The summed E-state index contributed by atoms with van der Waals surface area (Å²) in [7, 11) is 1.39. The van der Waals surface area contributed by atoms with Crippen LogP contribution in [-0.2, 0) is 4.74 Å². The fourth-order valence-electron chi connectivity index (χ4n) is 4.09. The molecule has 4 rings (SSSR count). The van der Waals surface area contributed by atoms with Gasteiger partial charge < -0.3 is 30.4 Å². The van der Waals surface area contributed by atoms with Gasteiger partial charge in [0.15, 0.2) is 0 Å². The van der Waals surface area contributed by atoms with E-state index in [-0.39, 0.29) is 40.0 Å². The number of alkyl carbamates (subject to hydrolysis) is 1. The van der Waals surface area contributed by atoms with Crippen LogP contribution in [0, 0.1) is 0 Å². The molecule has 13 heteroatoms. The van der Waals surface area contributed by atoms with Crippen molar-refractivity contribution in [3.05, 3.63) is 92.9 Å². The average molecular weight is 607 g/mol. The lowest BCUT2D eigenvalue weighted by molar-refractivity contribution is 0.0501. The van der Waals surface area contributed by atoms with Gasteiger partial charge in [-0.05, 0) is 57.0 Å². The summed E-state index contributed by atoms with van der Waals surface area (Å²) in [5.74, 6) is -1.16. The quantitative estimate of drug-likeness (QED) is 0.214. The third-order valence-corrected chi connectivity index (χ3v) is 6.42. The molecule has 0 fully saturated rings. The molecule has 2 aromatic carbocycles. The van der Waals surface area contributed by atoms with E-state index in [1.807, 2.05) is 30.3 Å². The van der Waals surface area contributed by atoms with Crippen LogP contribution in [0.25, 0.3) is 11.0 Å². The number of aromatic nitrogens is 3. The van der Waals surface area contributed by atoms with Crippen molar-refractivity contribution in [2.45, 2.75) is 38.8 Å². The average Bonchev–Trinajstić information content (AvgIpc) is 2.96. The molecule has 0 radical (unpaired) electrons. The third kappa shape index (κ3) is 8.29. The number of amides is 3. The number of nitrogens with one attached hydrogen (secondary N) is 4. The normalized spacial score (nSPS) is 11.8. The van der Waals surface area contributed by atoms with E-state index >= 15 is 0 Å². The van der Waals surface area contributed by atoms with Crippen molar-refractivity contribution in [1.82, 2.24) is 25.6 Å². The van der Waals surface area contributed by atoms with Gasteiger partial charge in [0.05, 0.1) is 23.9 Å². The number of benzene rings is 2. The lowest BCUT2D eigenvalue weighted by Crippen LogP contribution is -2.36. The number of anilines is 1. The van der Waals surface area contributed by atoms with Crippen molar-refractivity contribution < 1.29 is 23.9 Å². The number of methoxy groups -OCH3 is 1. The molecule has 1 atom stereocenters. The molecular formula is C30H31ClN6O6. The van der Waals surface area contributed by atoms with Crippen molar-refractivity contribution in [3.8, 4) is 6.01 Å². The van der Waals surface area contributed by atoms with Crippen molar-refractivity contribution >= 4 is 46.2 Å². The predicted molar refractivity (Wildman–Crippen MR) is 162 cm³/mol. The Morgan fingerprint density at radius 2 is 1.79 bits per heavy atom. The summed E-state index contributed by atoms with van der Waals surface area (Å²) in [5.41, 5.74) is -0.108. The molecule has 0 saturated heterocycles. The number of H-pyrrole nitrogens is 1. The SMILES string of the molecule is COc1ncc2cc(C(=O)Nc3cc(C(=O)NCC[C@@H](NC(=O)OC(C)(C)C)c4ccccc4)ccc3Cl)c(=O)[nH]c2n1. The number of fused-ring (bicyclic) bond motifs is 1. The van der Waals surface area contributed by atoms with Crippen LogP contribution < -0.4 is 26.2 Å². The maximum absolute atomic E-state index is 13.0. The number of carbonyl (C=O) groups excluding carboxylic acids is 3. The number of rotatable bonds is 9. The van der Waals surface area contributed by atoms with Crippen molar-refractivity contribution in [2.24, 2.45) is 0 Å². The third-order valence-electron chi connectivity index (χ3n) is 6.09. The monoisotopic (exact) mass is 606 g/mol. The Morgan fingerprint density at radius 1 is 1.05 bits per heavy atom. The molecule has 43 heavy (non-hydrogen) atoms. The Hall–Kier alpha value is -4.97.